The highest BCUT2D eigenvalue weighted by molar-refractivity contribution is 5.64. The van der Waals surface area contributed by atoms with Gasteiger partial charge in [0.15, 0.2) is 0 Å². The van der Waals surface area contributed by atoms with Gasteiger partial charge >= 0.3 is 5.69 Å². The number of benzene rings is 1. The molecular formula is C12H15FN2O4. The van der Waals surface area contributed by atoms with Crippen LogP contribution in [0.4, 0.5) is 15.8 Å². The van der Waals surface area contributed by atoms with Gasteiger partial charge in [-0.25, -0.2) is 0 Å². The summed E-state index contributed by atoms with van der Waals surface area (Å²) < 4.78 is 19.0. The Morgan fingerprint density at radius 3 is 2.95 bits per heavy atom. The predicted octanol–water partition coefficient (Wildman–Crippen LogP) is 1.32. The van der Waals surface area contributed by atoms with Crippen LogP contribution < -0.4 is 4.90 Å². The van der Waals surface area contributed by atoms with Crippen LogP contribution in [-0.2, 0) is 4.74 Å². The maximum atomic E-state index is 13.6. The highest BCUT2D eigenvalue weighted by atomic mass is 19.1. The van der Waals surface area contributed by atoms with Gasteiger partial charge in [-0.1, -0.05) is 6.07 Å². The van der Waals surface area contributed by atoms with Crippen LogP contribution in [0.2, 0.25) is 0 Å². The van der Waals surface area contributed by atoms with Gasteiger partial charge in [0.2, 0.25) is 5.82 Å². The van der Waals surface area contributed by atoms with E-state index in [1.165, 1.54) is 12.1 Å². The number of nitro benzene ring substituents is 1. The van der Waals surface area contributed by atoms with E-state index in [-0.39, 0.29) is 18.4 Å². The van der Waals surface area contributed by atoms with Crippen molar-refractivity contribution < 1.29 is 19.2 Å². The average molecular weight is 270 g/mol. The average Bonchev–Trinajstić information content (AvgIpc) is 2.37. The van der Waals surface area contributed by atoms with Crippen molar-refractivity contribution in [2.24, 2.45) is 0 Å². The Kier molecular flexibility index (Phi) is 3.96. The molecule has 1 N–H and O–H groups in total. The highest BCUT2D eigenvalue weighted by Crippen LogP contribution is 2.32. The summed E-state index contributed by atoms with van der Waals surface area (Å²) in [6, 6.07) is 4.01. The first-order chi connectivity index (χ1) is 9.02. The van der Waals surface area contributed by atoms with Crippen molar-refractivity contribution in [2.45, 2.75) is 19.1 Å². The minimum Gasteiger partial charge on any atom is -0.394 e. The van der Waals surface area contributed by atoms with Gasteiger partial charge in [-0.2, -0.15) is 4.39 Å². The number of morpholine rings is 1. The van der Waals surface area contributed by atoms with Crippen LogP contribution in [0.5, 0.6) is 0 Å². The molecule has 0 amide bonds. The molecule has 6 nitrogen and oxygen atoms in total. The van der Waals surface area contributed by atoms with Crippen LogP contribution in [0.1, 0.15) is 6.92 Å². The molecule has 1 aromatic carbocycles. The summed E-state index contributed by atoms with van der Waals surface area (Å²) in [4.78, 5) is 11.9. The van der Waals surface area contributed by atoms with Crippen LogP contribution >= 0.6 is 0 Å². The number of nitro groups is 1. The Hall–Kier alpha value is -1.73. The maximum Gasteiger partial charge on any atom is 0.327 e. The first-order valence-corrected chi connectivity index (χ1v) is 5.97. The first-order valence-electron chi connectivity index (χ1n) is 5.97. The Bertz CT molecular complexity index is 483. The first kappa shape index (κ1) is 13.7. The maximum absolute atomic E-state index is 13.6. The van der Waals surface area contributed by atoms with E-state index >= 15 is 0 Å². The fourth-order valence-electron chi connectivity index (χ4n) is 2.28. The molecule has 0 spiro atoms. The number of hydrogen-bond acceptors (Lipinski definition) is 5. The lowest BCUT2D eigenvalue weighted by Crippen LogP contribution is -2.48. The summed E-state index contributed by atoms with van der Waals surface area (Å²) in [7, 11) is 0. The van der Waals surface area contributed by atoms with E-state index in [0.29, 0.717) is 13.1 Å². The van der Waals surface area contributed by atoms with E-state index < -0.39 is 22.5 Å². The third kappa shape index (κ3) is 2.82. The summed E-state index contributed by atoms with van der Waals surface area (Å²) in [5.41, 5.74) is -0.313. The number of aliphatic hydroxyl groups excluding tert-OH is 1. The highest BCUT2D eigenvalue weighted by Gasteiger charge is 2.30. The van der Waals surface area contributed by atoms with Crippen LogP contribution in [0.25, 0.3) is 0 Å². The largest absolute Gasteiger partial charge is 0.394 e. The lowest BCUT2D eigenvalue weighted by Gasteiger charge is -2.37. The van der Waals surface area contributed by atoms with Crippen LogP contribution in [0.15, 0.2) is 18.2 Å². The fraction of sp³-hybridized carbons (Fsp3) is 0.500. The summed E-state index contributed by atoms with van der Waals surface area (Å²) in [5, 5.41) is 20.1. The van der Waals surface area contributed by atoms with Crippen LogP contribution in [0, 0.1) is 15.9 Å². The zero-order chi connectivity index (χ0) is 14.0. The molecule has 0 aromatic heterocycles. The molecular weight excluding hydrogens is 255 g/mol. The van der Waals surface area contributed by atoms with Gasteiger partial charge < -0.3 is 14.7 Å². The van der Waals surface area contributed by atoms with Gasteiger partial charge in [0.25, 0.3) is 0 Å². The zero-order valence-corrected chi connectivity index (χ0v) is 10.5. The molecule has 2 rings (SSSR count). The van der Waals surface area contributed by atoms with E-state index in [2.05, 4.69) is 0 Å². The molecule has 104 valence electrons. The Balaban J connectivity index is 2.35. The number of nitrogens with zero attached hydrogens (tertiary/aromatic N) is 2. The molecule has 0 radical (unpaired) electrons. The molecule has 1 fully saturated rings. The smallest absolute Gasteiger partial charge is 0.327 e. The third-order valence-corrected chi connectivity index (χ3v) is 3.02. The molecule has 19 heavy (non-hydrogen) atoms. The number of para-hydroxylation sites is 1. The Morgan fingerprint density at radius 2 is 2.32 bits per heavy atom. The Labute approximate surface area is 109 Å². The monoisotopic (exact) mass is 270 g/mol. The summed E-state index contributed by atoms with van der Waals surface area (Å²) in [6.45, 7) is 2.34. The Morgan fingerprint density at radius 1 is 1.58 bits per heavy atom. The number of aliphatic hydroxyl groups is 1. The molecule has 0 bridgehead atoms. The topological polar surface area (TPSA) is 75.8 Å². The quantitative estimate of drug-likeness (QED) is 0.662. The van der Waals surface area contributed by atoms with Gasteiger partial charge in [-0.15, -0.1) is 0 Å². The molecule has 2 atom stereocenters. The molecule has 2 unspecified atom stereocenters. The minimum absolute atomic E-state index is 0.177. The number of halogens is 1. The van der Waals surface area contributed by atoms with Crippen molar-refractivity contribution >= 4 is 11.4 Å². The van der Waals surface area contributed by atoms with Gasteiger partial charge in [0.05, 0.1) is 23.7 Å². The summed E-state index contributed by atoms with van der Waals surface area (Å²) in [5.74, 6) is -0.859. The normalized spacial score (nSPS) is 23.4. The van der Waals surface area contributed by atoms with Crippen molar-refractivity contribution in [1.29, 1.82) is 0 Å². The van der Waals surface area contributed by atoms with E-state index in [4.69, 9.17) is 9.84 Å². The fourth-order valence-corrected chi connectivity index (χ4v) is 2.28. The molecule has 0 aliphatic carbocycles. The molecule has 0 saturated carbocycles. The summed E-state index contributed by atoms with van der Waals surface area (Å²) in [6.07, 6.45) is -0.611. The van der Waals surface area contributed by atoms with E-state index in [0.717, 1.165) is 6.07 Å². The lowest BCUT2D eigenvalue weighted by molar-refractivity contribution is -0.386. The summed E-state index contributed by atoms with van der Waals surface area (Å²) >= 11 is 0. The molecule has 1 heterocycles. The van der Waals surface area contributed by atoms with Crippen molar-refractivity contribution in [3.8, 4) is 0 Å². The van der Waals surface area contributed by atoms with Crippen molar-refractivity contribution in [3.05, 3.63) is 34.1 Å². The predicted molar refractivity (Wildman–Crippen MR) is 66.7 cm³/mol. The van der Waals surface area contributed by atoms with Gasteiger partial charge in [0.1, 0.15) is 5.69 Å². The molecule has 1 aromatic rings. The van der Waals surface area contributed by atoms with Gasteiger partial charge in [-0.05, 0) is 19.1 Å². The van der Waals surface area contributed by atoms with Crippen LogP contribution in [0.3, 0.4) is 0 Å². The lowest BCUT2D eigenvalue weighted by atomic mass is 10.1. The van der Waals surface area contributed by atoms with Crippen molar-refractivity contribution in [2.75, 3.05) is 24.6 Å². The molecule has 7 heteroatoms. The van der Waals surface area contributed by atoms with Crippen molar-refractivity contribution in [3.63, 3.8) is 0 Å². The number of rotatable bonds is 3. The van der Waals surface area contributed by atoms with E-state index in [1.807, 2.05) is 0 Å². The molecule has 1 aliphatic rings. The van der Waals surface area contributed by atoms with Crippen molar-refractivity contribution in [1.82, 2.24) is 0 Å². The number of ether oxygens (including phenoxy) is 1. The SMILES string of the molecule is CC1CN(c2cccc(F)c2[N+](=O)[O-])CC(CO)O1. The van der Waals surface area contributed by atoms with Gasteiger partial charge in [-0.3, -0.25) is 10.1 Å². The number of hydrogen-bond donors (Lipinski definition) is 1. The second-order valence-corrected chi connectivity index (χ2v) is 4.52. The van der Waals surface area contributed by atoms with Crippen LogP contribution in [-0.4, -0.2) is 41.9 Å². The second-order valence-electron chi connectivity index (χ2n) is 4.52. The van der Waals surface area contributed by atoms with Gasteiger partial charge in [0, 0.05) is 13.1 Å². The minimum atomic E-state index is -0.859. The third-order valence-electron chi connectivity index (χ3n) is 3.02. The van der Waals surface area contributed by atoms with E-state index in [9.17, 15) is 14.5 Å². The molecule has 1 aliphatic heterocycles. The molecule has 1 saturated heterocycles. The number of anilines is 1. The second kappa shape index (κ2) is 5.50. The standard InChI is InChI=1S/C12H15FN2O4/c1-8-5-14(6-9(7-16)19-8)11-4-2-3-10(13)12(11)15(17)18/h2-4,8-9,16H,5-7H2,1H3. The zero-order valence-electron chi connectivity index (χ0n) is 10.5. The van der Waals surface area contributed by atoms with E-state index in [1.54, 1.807) is 11.8 Å².